The van der Waals surface area contributed by atoms with E-state index >= 15 is 0 Å². The van der Waals surface area contributed by atoms with Gasteiger partial charge in [-0.3, -0.25) is 0 Å². The van der Waals surface area contributed by atoms with E-state index in [1.54, 1.807) is 0 Å². The van der Waals surface area contributed by atoms with Crippen LogP contribution >= 0.6 is 11.6 Å². The van der Waals surface area contributed by atoms with Crippen LogP contribution in [0, 0.1) is 13.8 Å². The molecule has 0 aliphatic rings. The van der Waals surface area contributed by atoms with Crippen LogP contribution in [0.4, 0.5) is 5.95 Å². The maximum Gasteiger partial charge on any atom is 0.223 e. The van der Waals surface area contributed by atoms with Crippen molar-refractivity contribution in [1.29, 1.82) is 0 Å². The van der Waals surface area contributed by atoms with Gasteiger partial charge in [0.15, 0.2) is 0 Å². The Hall–Kier alpha value is -0.870. The van der Waals surface area contributed by atoms with Gasteiger partial charge in [-0.2, -0.15) is 0 Å². The first-order valence-electron chi connectivity index (χ1n) is 5.42. The lowest BCUT2D eigenvalue weighted by atomic mass is 10.3. The van der Waals surface area contributed by atoms with Crippen LogP contribution in [-0.4, -0.2) is 35.6 Å². The Bertz CT molecular complexity index is 300. The molecule has 0 spiro atoms. The Balaban J connectivity index is 2.21. The molecule has 0 aliphatic heterocycles. The minimum absolute atomic E-state index is 0.549. The van der Waals surface area contributed by atoms with E-state index in [1.807, 2.05) is 19.9 Å². The molecule has 0 radical (unpaired) electrons. The summed E-state index contributed by atoms with van der Waals surface area (Å²) in [4.78, 5) is 8.57. The summed E-state index contributed by atoms with van der Waals surface area (Å²) in [5.74, 6) is 1.24. The first-order valence-corrected chi connectivity index (χ1v) is 5.95. The van der Waals surface area contributed by atoms with Gasteiger partial charge in [0.2, 0.25) is 5.95 Å². The number of ether oxygens (including phenoxy) is 1. The Labute approximate surface area is 101 Å². The van der Waals surface area contributed by atoms with Crippen LogP contribution in [0.1, 0.15) is 17.8 Å². The fraction of sp³-hybridized carbons (Fsp3) is 0.636. The summed E-state index contributed by atoms with van der Waals surface area (Å²) in [6.45, 7) is 6.06. The molecule has 0 saturated heterocycles. The number of rotatable bonds is 7. The van der Waals surface area contributed by atoms with Crippen LogP contribution in [0.25, 0.3) is 0 Å². The number of aryl methyl sites for hydroxylation is 2. The maximum absolute atomic E-state index is 5.48. The second kappa shape index (κ2) is 7.41. The zero-order chi connectivity index (χ0) is 11.8. The third-order valence-corrected chi connectivity index (χ3v) is 2.11. The molecule has 4 nitrogen and oxygen atoms in total. The third-order valence-electron chi connectivity index (χ3n) is 1.95. The Kier molecular flexibility index (Phi) is 6.11. The number of anilines is 1. The van der Waals surface area contributed by atoms with Crippen molar-refractivity contribution < 1.29 is 4.74 Å². The molecule has 5 heteroatoms. The lowest BCUT2D eigenvalue weighted by molar-refractivity contribution is 0.149. The molecule has 1 rings (SSSR count). The summed E-state index contributed by atoms with van der Waals surface area (Å²) < 4.78 is 5.26. The fourth-order valence-electron chi connectivity index (χ4n) is 1.34. The smallest absolute Gasteiger partial charge is 0.223 e. The van der Waals surface area contributed by atoms with Gasteiger partial charge in [0.25, 0.3) is 0 Å². The van der Waals surface area contributed by atoms with Crippen LogP contribution in [0.15, 0.2) is 6.07 Å². The number of alkyl halides is 1. The van der Waals surface area contributed by atoms with E-state index in [0.717, 1.165) is 24.4 Å². The molecule has 1 aromatic heterocycles. The molecular formula is C11H18ClN3O. The van der Waals surface area contributed by atoms with Gasteiger partial charge in [-0.05, 0) is 26.3 Å². The standard InChI is InChI=1S/C11H18ClN3O/c1-9-8-10(2)15-11(14-9)13-5-3-6-16-7-4-12/h8H,3-7H2,1-2H3,(H,13,14,15). The Morgan fingerprint density at radius 2 is 1.94 bits per heavy atom. The maximum atomic E-state index is 5.48. The average molecular weight is 244 g/mol. The van der Waals surface area contributed by atoms with E-state index in [1.165, 1.54) is 0 Å². The predicted octanol–water partition coefficient (Wildman–Crippen LogP) is 2.15. The molecule has 0 fully saturated rings. The Morgan fingerprint density at radius 1 is 1.25 bits per heavy atom. The summed E-state index contributed by atoms with van der Waals surface area (Å²) >= 11 is 5.48. The molecule has 1 aromatic rings. The molecule has 0 aliphatic carbocycles. The highest BCUT2D eigenvalue weighted by atomic mass is 35.5. The van der Waals surface area contributed by atoms with Crippen LogP contribution in [0.2, 0.25) is 0 Å². The number of nitrogens with zero attached hydrogens (tertiary/aromatic N) is 2. The first-order chi connectivity index (χ1) is 7.72. The number of aromatic nitrogens is 2. The molecule has 0 saturated carbocycles. The highest BCUT2D eigenvalue weighted by Gasteiger charge is 1.98. The summed E-state index contributed by atoms with van der Waals surface area (Å²) in [5.41, 5.74) is 1.96. The van der Waals surface area contributed by atoms with Crippen molar-refractivity contribution in [2.24, 2.45) is 0 Å². The second-order valence-corrected chi connectivity index (χ2v) is 3.93. The molecule has 0 amide bonds. The summed E-state index contributed by atoms with van der Waals surface area (Å²) in [7, 11) is 0. The predicted molar refractivity (Wildman–Crippen MR) is 66.2 cm³/mol. The van der Waals surface area contributed by atoms with Gasteiger partial charge in [0.1, 0.15) is 0 Å². The minimum Gasteiger partial charge on any atom is -0.380 e. The molecule has 1 N–H and O–H groups in total. The topological polar surface area (TPSA) is 47.0 Å². The quantitative estimate of drug-likeness (QED) is 0.589. The fourth-order valence-corrected chi connectivity index (χ4v) is 1.45. The monoisotopic (exact) mass is 243 g/mol. The third kappa shape index (κ3) is 5.28. The zero-order valence-electron chi connectivity index (χ0n) is 9.79. The van der Waals surface area contributed by atoms with Gasteiger partial charge in [0, 0.05) is 30.4 Å². The van der Waals surface area contributed by atoms with Crippen LogP contribution in [-0.2, 0) is 4.74 Å². The van der Waals surface area contributed by atoms with Crippen LogP contribution < -0.4 is 5.32 Å². The van der Waals surface area contributed by atoms with Crippen LogP contribution in [0.3, 0.4) is 0 Å². The molecule has 90 valence electrons. The molecule has 1 heterocycles. The lowest BCUT2D eigenvalue weighted by Crippen LogP contribution is -2.09. The number of halogens is 1. The molecule has 0 unspecified atom stereocenters. The van der Waals surface area contributed by atoms with Crippen LogP contribution in [0.5, 0.6) is 0 Å². The summed E-state index contributed by atoms with van der Waals surface area (Å²) in [6, 6.07) is 1.95. The highest BCUT2D eigenvalue weighted by molar-refractivity contribution is 6.17. The minimum atomic E-state index is 0.549. The largest absolute Gasteiger partial charge is 0.380 e. The summed E-state index contributed by atoms with van der Waals surface area (Å²) in [6.07, 6.45) is 0.924. The Morgan fingerprint density at radius 3 is 2.56 bits per heavy atom. The number of hydrogen-bond acceptors (Lipinski definition) is 4. The summed E-state index contributed by atoms with van der Waals surface area (Å²) in [5, 5.41) is 3.17. The van der Waals surface area contributed by atoms with Crippen molar-refractivity contribution in [1.82, 2.24) is 9.97 Å². The highest BCUT2D eigenvalue weighted by Crippen LogP contribution is 2.03. The van der Waals surface area contributed by atoms with Gasteiger partial charge in [0.05, 0.1) is 6.61 Å². The SMILES string of the molecule is Cc1cc(C)nc(NCCCOCCCl)n1. The first kappa shape index (κ1) is 13.2. The van der Waals surface area contributed by atoms with Crippen molar-refractivity contribution in [2.75, 3.05) is 31.0 Å². The van der Waals surface area contributed by atoms with Gasteiger partial charge >= 0.3 is 0 Å². The van der Waals surface area contributed by atoms with Gasteiger partial charge in [-0.15, -0.1) is 11.6 Å². The van der Waals surface area contributed by atoms with E-state index in [2.05, 4.69) is 15.3 Å². The van der Waals surface area contributed by atoms with E-state index in [-0.39, 0.29) is 0 Å². The number of hydrogen-bond donors (Lipinski definition) is 1. The van der Waals surface area contributed by atoms with Crippen molar-refractivity contribution in [3.05, 3.63) is 17.5 Å². The lowest BCUT2D eigenvalue weighted by Gasteiger charge is -2.06. The van der Waals surface area contributed by atoms with E-state index < -0.39 is 0 Å². The molecular weight excluding hydrogens is 226 g/mol. The van der Waals surface area contributed by atoms with E-state index in [4.69, 9.17) is 16.3 Å². The van der Waals surface area contributed by atoms with E-state index in [0.29, 0.717) is 25.0 Å². The van der Waals surface area contributed by atoms with Gasteiger partial charge in [-0.25, -0.2) is 9.97 Å². The molecule has 0 bridgehead atoms. The normalized spacial score (nSPS) is 10.4. The van der Waals surface area contributed by atoms with Gasteiger partial charge < -0.3 is 10.1 Å². The van der Waals surface area contributed by atoms with Crippen molar-refractivity contribution in [3.8, 4) is 0 Å². The molecule has 16 heavy (non-hydrogen) atoms. The van der Waals surface area contributed by atoms with Crippen molar-refractivity contribution in [3.63, 3.8) is 0 Å². The average Bonchev–Trinajstić information content (AvgIpc) is 2.22. The molecule has 0 aromatic carbocycles. The van der Waals surface area contributed by atoms with Gasteiger partial charge in [-0.1, -0.05) is 0 Å². The molecule has 0 atom stereocenters. The van der Waals surface area contributed by atoms with Crippen molar-refractivity contribution in [2.45, 2.75) is 20.3 Å². The van der Waals surface area contributed by atoms with Crippen molar-refractivity contribution >= 4 is 17.5 Å². The second-order valence-electron chi connectivity index (χ2n) is 3.56. The number of nitrogens with one attached hydrogen (secondary N) is 1. The van der Waals surface area contributed by atoms with E-state index in [9.17, 15) is 0 Å². The zero-order valence-corrected chi connectivity index (χ0v) is 10.5.